The summed E-state index contributed by atoms with van der Waals surface area (Å²) in [6.45, 7) is 2.91. The van der Waals surface area contributed by atoms with Crippen molar-refractivity contribution in [3.8, 4) is 0 Å². The normalized spacial score (nSPS) is 17.8. The third-order valence-corrected chi connectivity index (χ3v) is 3.64. The first-order valence-corrected chi connectivity index (χ1v) is 7.40. The molecule has 0 aromatic carbocycles. The van der Waals surface area contributed by atoms with Gasteiger partial charge in [-0.3, -0.25) is 4.90 Å². The summed E-state index contributed by atoms with van der Waals surface area (Å²) >= 11 is 5.61. The Bertz CT molecular complexity index is 201. The number of hydrogen-bond acceptors (Lipinski definition) is 2. The van der Waals surface area contributed by atoms with Crippen molar-refractivity contribution in [3.63, 3.8) is 0 Å². The van der Waals surface area contributed by atoms with Crippen LogP contribution in [0.25, 0.3) is 0 Å². The van der Waals surface area contributed by atoms with E-state index in [9.17, 15) is 8.78 Å². The summed E-state index contributed by atoms with van der Waals surface area (Å²) < 4.78 is 29.9. The molecule has 0 amide bonds. The molecule has 0 N–H and O–H groups in total. The molecule has 0 spiro atoms. The smallest absolute Gasteiger partial charge is 0.251 e. The summed E-state index contributed by atoms with van der Waals surface area (Å²) in [4.78, 5) is 1.77. The van der Waals surface area contributed by atoms with Crippen molar-refractivity contribution >= 4 is 11.6 Å². The van der Waals surface area contributed by atoms with Crippen molar-refractivity contribution in [3.05, 3.63) is 0 Å². The molecule has 1 aliphatic heterocycles. The van der Waals surface area contributed by atoms with Crippen molar-refractivity contribution < 1.29 is 13.5 Å². The van der Waals surface area contributed by atoms with E-state index in [-0.39, 0.29) is 6.54 Å². The molecule has 1 rings (SSSR count). The Balaban J connectivity index is 2.06. The maximum atomic E-state index is 12.3. The number of halogens is 3. The van der Waals surface area contributed by atoms with Crippen LogP contribution >= 0.6 is 11.6 Å². The maximum Gasteiger partial charge on any atom is 0.251 e. The van der Waals surface area contributed by atoms with E-state index in [1.165, 1.54) is 6.42 Å². The second-order valence-corrected chi connectivity index (χ2v) is 5.31. The van der Waals surface area contributed by atoms with Gasteiger partial charge in [-0.1, -0.05) is 12.8 Å². The van der Waals surface area contributed by atoms with Crippen molar-refractivity contribution in [1.29, 1.82) is 0 Å². The first kappa shape index (κ1) is 16.1. The van der Waals surface area contributed by atoms with Gasteiger partial charge in [0, 0.05) is 25.6 Å². The number of ether oxygens (including phenoxy) is 1. The Morgan fingerprint density at radius 2 is 1.89 bits per heavy atom. The highest BCUT2D eigenvalue weighted by Gasteiger charge is 2.14. The minimum absolute atomic E-state index is 0.149. The number of nitrogens with zero attached hydrogens (tertiary/aromatic N) is 1. The molecule has 0 radical (unpaired) electrons. The van der Waals surface area contributed by atoms with Crippen LogP contribution in [0, 0.1) is 5.92 Å². The monoisotopic (exact) mass is 283 g/mol. The Kier molecular flexibility index (Phi) is 8.90. The zero-order valence-corrected chi connectivity index (χ0v) is 11.7. The summed E-state index contributed by atoms with van der Waals surface area (Å²) in [5.41, 5.74) is 0. The van der Waals surface area contributed by atoms with Crippen LogP contribution in [-0.2, 0) is 4.74 Å². The molecule has 18 heavy (non-hydrogen) atoms. The van der Waals surface area contributed by atoms with E-state index in [2.05, 4.69) is 0 Å². The van der Waals surface area contributed by atoms with E-state index >= 15 is 0 Å². The number of alkyl halides is 3. The van der Waals surface area contributed by atoms with Crippen molar-refractivity contribution in [2.75, 3.05) is 38.7 Å². The van der Waals surface area contributed by atoms with Crippen LogP contribution < -0.4 is 0 Å². The summed E-state index contributed by atoms with van der Waals surface area (Å²) in [7, 11) is 0. The first-order chi connectivity index (χ1) is 8.72. The second-order valence-electron chi connectivity index (χ2n) is 4.93. The molecule has 0 saturated carbocycles. The zero-order valence-electron chi connectivity index (χ0n) is 10.9. The highest BCUT2D eigenvalue weighted by Crippen LogP contribution is 2.20. The molecule has 0 atom stereocenters. The molecule has 1 aliphatic rings. The highest BCUT2D eigenvalue weighted by atomic mass is 35.5. The summed E-state index contributed by atoms with van der Waals surface area (Å²) in [5.74, 6) is 1.20. The zero-order chi connectivity index (χ0) is 13.2. The molecule has 0 unspecified atom stereocenters. The molecular formula is C13H24ClF2NO. The van der Waals surface area contributed by atoms with Gasteiger partial charge in [0.05, 0.1) is 6.54 Å². The third-order valence-electron chi connectivity index (χ3n) is 3.47. The van der Waals surface area contributed by atoms with E-state index in [1.807, 2.05) is 0 Å². The molecule has 5 heteroatoms. The quantitative estimate of drug-likeness (QED) is 0.475. The van der Waals surface area contributed by atoms with Crippen LogP contribution in [-0.4, -0.2) is 50.1 Å². The van der Waals surface area contributed by atoms with Crippen LogP contribution in [0.15, 0.2) is 0 Å². The fourth-order valence-corrected chi connectivity index (χ4v) is 2.65. The lowest BCUT2D eigenvalue weighted by Gasteiger charge is -2.23. The molecule has 108 valence electrons. The third kappa shape index (κ3) is 7.49. The average molecular weight is 284 g/mol. The Hall–Kier alpha value is 0.0700. The molecule has 1 fully saturated rings. The highest BCUT2D eigenvalue weighted by molar-refractivity contribution is 6.18. The molecule has 0 aromatic heterocycles. The predicted molar refractivity (Wildman–Crippen MR) is 70.6 cm³/mol. The molecule has 0 aliphatic carbocycles. The minimum atomic E-state index is -2.26. The lowest BCUT2D eigenvalue weighted by atomic mass is 9.94. The predicted octanol–water partition coefficient (Wildman–Crippen LogP) is 3.39. The number of rotatable bonds is 9. The number of unbranched alkanes of at least 4 members (excludes halogenated alkanes) is 1. The van der Waals surface area contributed by atoms with Gasteiger partial charge in [0.15, 0.2) is 0 Å². The van der Waals surface area contributed by atoms with Crippen LogP contribution in [0.3, 0.4) is 0 Å². The summed E-state index contributed by atoms with van der Waals surface area (Å²) in [5, 5.41) is 0. The molecule has 0 aromatic rings. The largest absolute Gasteiger partial charge is 0.381 e. The van der Waals surface area contributed by atoms with Gasteiger partial charge in [0.2, 0.25) is 0 Å². The SMILES string of the molecule is FC(F)CN(CCCl)CCCCC1CCOCC1. The van der Waals surface area contributed by atoms with Crippen LogP contribution in [0.5, 0.6) is 0 Å². The van der Waals surface area contributed by atoms with Crippen LogP contribution in [0.2, 0.25) is 0 Å². The lowest BCUT2D eigenvalue weighted by molar-refractivity contribution is 0.0621. The van der Waals surface area contributed by atoms with E-state index in [4.69, 9.17) is 16.3 Å². The lowest BCUT2D eigenvalue weighted by Crippen LogP contribution is -2.31. The van der Waals surface area contributed by atoms with Crippen LogP contribution in [0.4, 0.5) is 8.78 Å². The number of hydrogen-bond donors (Lipinski definition) is 0. The molecule has 0 bridgehead atoms. The summed E-state index contributed by atoms with van der Waals surface area (Å²) in [6, 6.07) is 0. The van der Waals surface area contributed by atoms with Crippen LogP contribution in [0.1, 0.15) is 32.1 Å². The van der Waals surface area contributed by atoms with Gasteiger partial charge < -0.3 is 4.74 Å². The summed E-state index contributed by atoms with van der Waals surface area (Å²) in [6.07, 6.45) is 3.36. The van der Waals surface area contributed by atoms with Gasteiger partial charge in [0.25, 0.3) is 6.43 Å². The van der Waals surface area contributed by atoms with Gasteiger partial charge in [0.1, 0.15) is 0 Å². The van der Waals surface area contributed by atoms with E-state index in [0.29, 0.717) is 12.4 Å². The average Bonchev–Trinajstić information content (AvgIpc) is 2.35. The van der Waals surface area contributed by atoms with Gasteiger partial charge in [-0.2, -0.15) is 0 Å². The fraction of sp³-hybridized carbons (Fsp3) is 1.00. The second kappa shape index (κ2) is 9.93. The maximum absolute atomic E-state index is 12.3. The van der Waals surface area contributed by atoms with Crippen molar-refractivity contribution in [1.82, 2.24) is 4.90 Å². The van der Waals surface area contributed by atoms with Gasteiger partial charge in [-0.25, -0.2) is 8.78 Å². The molecule has 1 saturated heterocycles. The minimum Gasteiger partial charge on any atom is -0.381 e. The first-order valence-electron chi connectivity index (χ1n) is 6.86. The Labute approximate surface area is 114 Å². The van der Waals surface area contributed by atoms with Gasteiger partial charge in [-0.15, -0.1) is 11.6 Å². The van der Waals surface area contributed by atoms with Gasteiger partial charge >= 0.3 is 0 Å². The Morgan fingerprint density at radius 1 is 1.17 bits per heavy atom. The topological polar surface area (TPSA) is 12.5 Å². The standard InChI is InChI=1S/C13H24ClF2NO/c14-6-8-17(11-13(15)16)7-2-1-3-12-4-9-18-10-5-12/h12-13H,1-11H2. The van der Waals surface area contributed by atoms with E-state index < -0.39 is 6.43 Å². The molecule has 2 nitrogen and oxygen atoms in total. The Morgan fingerprint density at radius 3 is 2.50 bits per heavy atom. The molecular weight excluding hydrogens is 260 g/mol. The van der Waals surface area contributed by atoms with E-state index in [0.717, 1.165) is 51.4 Å². The van der Waals surface area contributed by atoms with Gasteiger partial charge in [-0.05, 0) is 31.7 Å². The van der Waals surface area contributed by atoms with Crippen molar-refractivity contribution in [2.45, 2.75) is 38.5 Å². The fourth-order valence-electron chi connectivity index (χ4n) is 2.41. The van der Waals surface area contributed by atoms with Crippen molar-refractivity contribution in [2.24, 2.45) is 5.92 Å². The molecule has 1 heterocycles. The van der Waals surface area contributed by atoms with E-state index in [1.54, 1.807) is 4.90 Å².